The maximum absolute atomic E-state index is 8.70. The summed E-state index contributed by atoms with van der Waals surface area (Å²) in [6, 6.07) is 2.09. The molecular formula is C7H5BrClN3. The summed E-state index contributed by atoms with van der Waals surface area (Å²) >= 11 is 8.98. The van der Waals surface area contributed by atoms with Gasteiger partial charge in [-0.2, -0.15) is 5.26 Å². The number of rotatable bonds is 2. The first-order valence-corrected chi connectivity index (χ1v) is 4.70. The van der Waals surface area contributed by atoms with E-state index in [9.17, 15) is 0 Å². The van der Waals surface area contributed by atoms with Crippen LogP contribution in [0.1, 0.15) is 11.6 Å². The highest BCUT2D eigenvalue weighted by Crippen LogP contribution is 2.21. The van der Waals surface area contributed by atoms with Crippen LogP contribution in [0.15, 0.2) is 12.5 Å². The van der Waals surface area contributed by atoms with Crippen molar-refractivity contribution in [2.75, 3.05) is 5.33 Å². The van der Waals surface area contributed by atoms with Gasteiger partial charge in [0.1, 0.15) is 6.33 Å². The number of nitrogens with zero attached hydrogens (tertiary/aromatic N) is 3. The molecule has 5 heteroatoms. The van der Waals surface area contributed by atoms with E-state index in [0.717, 1.165) is 0 Å². The van der Waals surface area contributed by atoms with Gasteiger partial charge < -0.3 is 0 Å². The molecule has 0 saturated heterocycles. The fourth-order valence-electron chi connectivity index (χ4n) is 0.747. The zero-order valence-electron chi connectivity index (χ0n) is 6.04. The largest absolute Gasteiger partial charge is 0.243 e. The summed E-state index contributed by atoms with van der Waals surface area (Å²) in [7, 11) is 0. The molecule has 0 fully saturated rings. The number of alkyl halides is 1. The third-order valence-corrected chi connectivity index (χ3v) is 2.27. The Morgan fingerprint density at radius 3 is 3.00 bits per heavy atom. The van der Waals surface area contributed by atoms with Crippen molar-refractivity contribution < 1.29 is 0 Å². The molecule has 0 aromatic carbocycles. The third-order valence-electron chi connectivity index (χ3n) is 1.34. The van der Waals surface area contributed by atoms with Gasteiger partial charge in [-0.3, -0.25) is 0 Å². The summed E-state index contributed by atoms with van der Waals surface area (Å²) in [6.07, 6.45) is 2.87. The first-order valence-electron chi connectivity index (χ1n) is 3.20. The number of hydrogen-bond donors (Lipinski definition) is 0. The minimum Gasteiger partial charge on any atom is -0.243 e. The summed E-state index contributed by atoms with van der Waals surface area (Å²) in [5.41, 5.74) is 0.575. The van der Waals surface area contributed by atoms with Gasteiger partial charge in [0.05, 0.1) is 22.7 Å². The Kier molecular flexibility index (Phi) is 3.45. The molecule has 1 aromatic rings. The van der Waals surface area contributed by atoms with Crippen molar-refractivity contribution in [3.8, 4) is 6.07 Å². The SMILES string of the molecule is N#CC(CBr)c1ncncc1Cl. The standard InChI is InChI=1S/C7H5BrClN3/c8-1-5(2-10)7-6(9)3-11-4-12-7/h3-5H,1H2. The van der Waals surface area contributed by atoms with Crippen LogP contribution in [0.25, 0.3) is 0 Å². The van der Waals surface area contributed by atoms with Crippen LogP contribution >= 0.6 is 27.5 Å². The number of halogens is 2. The molecule has 1 aromatic heterocycles. The predicted molar refractivity (Wildman–Crippen MR) is 49.2 cm³/mol. The smallest absolute Gasteiger partial charge is 0.115 e. The van der Waals surface area contributed by atoms with Gasteiger partial charge in [0, 0.05) is 11.5 Å². The summed E-state index contributed by atoms with van der Waals surface area (Å²) in [5, 5.41) is 9.67. The van der Waals surface area contributed by atoms with Crippen molar-refractivity contribution in [3.63, 3.8) is 0 Å². The van der Waals surface area contributed by atoms with Gasteiger partial charge in [0.15, 0.2) is 0 Å². The van der Waals surface area contributed by atoms with Crippen LogP contribution in [-0.2, 0) is 0 Å². The van der Waals surface area contributed by atoms with Crippen LogP contribution < -0.4 is 0 Å². The molecule has 0 aliphatic heterocycles. The van der Waals surface area contributed by atoms with Gasteiger partial charge in [-0.1, -0.05) is 27.5 Å². The Balaban J connectivity index is 3.02. The molecule has 3 nitrogen and oxygen atoms in total. The average Bonchev–Trinajstić information content (AvgIpc) is 2.10. The van der Waals surface area contributed by atoms with Crippen LogP contribution in [0.4, 0.5) is 0 Å². The maximum Gasteiger partial charge on any atom is 0.115 e. The fourth-order valence-corrected chi connectivity index (χ4v) is 1.44. The zero-order valence-corrected chi connectivity index (χ0v) is 8.38. The molecule has 1 heterocycles. The molecule has 62 valence electrons. The second kappa shape index (κ2) is 4.39. The van der Waals surface area contributed by atoms with E-state index in [2.05, 4.69) is 32.0 Å². The highest BCUT2D eigenvalue weighted by atomic mass is 79.9. The molecule has 0 bridgehead atoms. The second-order valence-corrected chi connectivity index (χ2v) is 3.15. The van der Waals surface area contributed by atoms with E-state index in [1.165, 1.54) is 12.5 Å². The molecule has 0 aliphatic rings. The molecule has 1 unspecified atom stereocenters. The lowest BCUT2D eigenvalue weighted by Gasteiger charge is -2.04. The van der Waals surface area contributed by atoms with Crippen LogP contribution in [0.5, 0.6) is 0 Å². The van der Waals surface area contributed by atoms with Crippen molar-refractivity contribution in [3.05, 3.63) is 23.2 Å². The van der Waals surface area contributed by atoms with Crippen molar-refractivity contribution in [2.45, 2.75) is 5.92 Å². The number of nitriles is 1. The summed E-state index contributed by atoms with van der Waals surface area (Å²) in [6.45, 7) is 0. The highest BCUT2D eigenvalue weighted by Gasteiger charge is 2.13. The van der Waals surface area contributed by atoms with Crippen molar-refractivity contribution in [1.82, 2.24) is 9.97 Å². The van der Waals surface area contributed by atoms with E-state index in [0.29, 0.717) is 16.0 Å². The van der Waals surface area contributed by atoms with E-state index < -0.39 is 0 Å². The quantitative estimate of drug-likeness (QED) is 0.751. The Hall–Kier alpha value is -0.660. The Morgan fingerprint density at radius 2 is 2.50 bits per heavy atom. The first-order chi connectivity index (χ1) is 5.79. The maximum atomic E-state index is 8.70. The molecule has 12 heavy (non-hydrogen) atoms. The van der Waals surface area contributed by atoms with E-state index in [1.807, 2.05) is 0 Å². The van der Waals surface area contributed by atoms with Gasteiger partial charge in [0.25, 0.3) is 0 Å². The minimum absolute atomic E-state index is 0.305. The summed E-state index contributed by atoms with van der Waals surface area (Å²) < 4.78 is 0. The predicted octanol–water partition coefficient (Wildman–Crippen LogP) is 2.13. The molecule has 1 rings (SSSR count). The van der Waals surface area contributed by atoms with Crippen molar-refractivity contribution in [2.24, 2.45) is 0 Å². The van der Waals surface area contributed by atoms with E-state index >= 15 is 0 Å². The lowest BCUT2D eigenvalue weighted by molar-refractivity contribution is 0.919. The van der Waals surface area contributed by atoms with Gasteiger partial charge in [-0.15, -0.1) is 0 Å². The Bertz CT molecular complexity index is 310. The monoisotopic (exact) mass is 245 g/mol. The normalized spacial score (nSPS) is 12.1. The lowest BCUT2D eigenvalue weighted by Crippen LogP contribution is -2.01. The minimum atomic E-state index is -0.305. The molecular weight excluding hydrogens is 241 g/mol. The average molecular weight is 246 g/mol. The zero-order chi connectivity index (χ0) is 8.97. The van der Waals surface area contributed by atoms with E-state index in [-0.39, 0.29) is 5.92 Å². The van der Waals surface area contributed by atoms with Crippen LogP contribution in [0.2, 0.25) is 5.02 Å². The Labute approximate surface area is 83.5 Å². The Morgan fingerprint density at radius 1 is 1.75 bits per heavy atom. The number of hydrogen-bond acceptors (Lipinski definition) is 3. The third kappa shape index (κ3) is 1.93. The van der Waals surface area contributed by atoms with E-state index in [1.54, 1.807) is 0 Å². The molecule has 0 saturated carbocycles. The molecule has 0 amide bonds. The fraction of sp³-hybridized carbons (Fsp3) is 0.286. The van der Waals surface area contributed by atoms with Crippen LogP contribution in [0, 0.1) is 11.3 Å². The van der Waals surface area contributed by atoms with E-state index in [4.69, 9.17) is 16.9 Å². The number of aromatic nitrogens is 2. The van der Waals surface area contributed by atoms with Gasteiger partial charge in [-0.05, 0) is 0 Å². The highest BCUT2D eigenvalue weighted by molar-refractivity contribution is 9.09. The summed E-state index contributed by atoms with van der Waals surface area (Å²) in [5.74, 6) is -0.305. The van der Waals surface area contributed by atoms with Gasteiger partial charge in [-0.25, -0.2) is 9.97 Å². The topological polar surface area (TPSA) is 49.6 Å². The van der Waals surface area contributed by atoms with Gasteiger partial charge >= 0.3 is 0 Å². The van der Waals surface area contributed by atoms with Crippen molar-refractivity contribution in [1.29, 1.82) is 5.26 Å². The molecule has 0 aliphatic carbocycles. The molecule has 0 N–H and O–H groups in total. The van der Waals surface area contributed by atoms with Gasteiger partial charge in [0.2, 0.25) is 0 Å². The van der Waals surface area contributed by atoms with Crippen molar-refractivity contribution >= 4 is 27.5 Å². The molecule has 0 radical (unpaired) electrons. The molecule has 0 spiro atoms. The first kappa shape index (κ1) is 9.43. The summed E-state index contributed by atoms with van der Waals surface area (Å²) in [4.78, 5) is 7.65. The van der Waals surface area contributed by atoms with Crippen LogP contribution in [0.3, 0.4) is 0 Å². The second-order valence-electron chi connectivity index (χ2n) is 2.09. The van der Waals surface area contributed by atoms with Crippen LogP contribution in [-0.4, -0.2) is 15.3 Å². The lowest BCUT2D eigenvalue weighted by atomic mass is 10.1. The molecule has 1 atom stereocenters.